The summed E-state index contributed by atoms with van der Waals surface area (Å²) in [5.41, 5.74) is 0.321. The van der Waals surface area contributed by atoms with Crippen molar-refractivity contribution in [1.82, 2.24) is 4.90 Å². The van der Waals surface area contributed by atoms with Gasteiger partial charge < -0.3 is 14.4 Å². The Morgan fingerprint density at radius 2 is 2.00 bits per heavy atom. The molecule has 0 bridgehead atoms. The number of alkyl halides is 3. The van der Waals surface area contributed by atoms with Crippen LogP contribution in [0.3, 0.4) is 0 Å². The van der Waals surface area contributed by atoms with E-state index in [2.05, 4.69) is 0 Å². The Balaban J connectivity index is 1.75. The molecule has 0 spiro atoms. The van der Waals surface area contributed by atoms with E-state index in [1.165, 1.54) is 11.0 Å². The zero-order valence-electron chi connectivity index (χ0n) is 11.2. The van der Waals surface area contributed by atoms with Crippen LogP contribution in [0.1, 0.15) is 23.2 Å². The molecule has 0 saturated carbocycles. The number of piperidine rings is 1. The number of rotatable bonds is 1. The Kier molecular flexibility index (Phi) is 3.43. The number of fused-ring (bicyclic) bond motifs is 1. The first-order valence-corrected chi connectivity index (χ1v) is 6.71. The highest BCUT2D eigenvalue weighted by atomic mass is 19.4. The summed E-state index contributed by atoms with van der Waals surface area (Å²) in [6, 6.07) is 4.66. The number of likely N-dealkylation sites (tertiary alicyclic amines) is 1. The summed E-state index contributed by atoms with van der Waals surface area (Å²) in [5.74, 6) is -0.852. The van der Waals surface area contributed by atoms with Crippen molar-refractivity contribution < 1.29 is 27.4 Å². The van der Waals surface area contributed by atoms with Gasteiger partial charge in [-0.2, -0.15) is 13.2 Å². The monoisotopic (exact) mass is 301 g/mol. The minimum atomic E-state index is -4.26. The molecule has 7 heteroatoms. The Bertz CT molecular complexity index is 559. The average molecular weight is 301 g/mol. The molecule has 2 aliphatic heterocycles. The predicted octanol–water partition coefficient (Wildman–Crippen LogP) is 2.83. The lowest BCUT2D eigenvalue weighted by Gasteiger charge is -2.33. The van der Waals surface area contributed by atoms with Crippen LogP contribution >= 0.6 is 0 Å². The second kappa shape index (κ2) is 5.13. The first kappa shape index (κ1) is 14.0. The van der Waals surface area contributed by atoms with Gasteiger partial charge in [0.15, 0.2) is 11.5 Å². The molecule has 114 valence electrons. The number of ether oxygens (including phenoxy) is 2. The fourth-order valence-electron chi connectivity index (χ4n) is 2.64. The molecule has 1 aromatic carbocycles. The molecule has 0 aliphatic carbocycles. The molecule has 1 saturated heterocycles. The zero-order valence-corrected chi connectivity index (χ0v) is 11.2. The molecule has 21 heavy (non-hydrogen) atoms. The van der Waals surface area contributed by atoms with E-state index in [9.17, 15) is 18.0 Å². The summed E-state index contributed by atoms with van der Waals surface area (Å²) in [7, 11) is 0. The van der Waals surface area contributed by atoms with Gasteiger partial charge in [0.2, 0.25) is 6.79 Å². The van der Waals surface area contributed by atoms with E-state index in [1.807, 2.05) is 0 Å². The van der Waals surface area contributed by atoms with Crippen molar-refractivity contribution in [3.8, 4) is 11.5 Å². The maximum absolute atomic E-state index is 12.8. The summed E-state index contributed by atoms with van der Waals surface area (Å²) in [4.78, 5) is 13.6. The third-order valence-electron chi connectivity index (χ3n) is 3.79. The van der Waals surface area contributed by atoms with Crippen molar-refractivity contribution in [1.29, 1.82) is 0 Å². The molecule has 1 fully saturated rings. The van der Waals surface area contributed by atoms with Gasteiger partial charge in [-0.3, -0.25) is 4.79 Å². The Morgan fingerprint density at radius 3 is 2.76 bits per heavy atom. The summed E-state index contributed by atoms with van der Waals surface area (Å²) >= 11 is 0. The highest BCUT2D eigenvalue weighted by Crippen LogP contribution is 2.35. The number of halogens is 3. The minimum Gasteiger partial charge on any atom is -0.454 e. The topological polar surface area (TPSA) is 38.8 Å². The molecule has 0 N–H and O–H groups in total. The Labute approximate surface area is 119 Å². The lowest BCUT2D eigenvalue weighted by molar-refractivity contribution is -0.184. The van der Waals surface area contributed by atoms with Gasteiger partial charge in [0.05, 0.1) is 5.92 Å². The molecule has 2 heterocycles. The molecule has 0 radical (unpaired) electrons. The van der Waals surface area contributed by atoms with Crippen molar-refractivity contribution in [2.24, 2.45) is 5.92 Å². The molecular weight excluding hydrogens is 287 g/mol. The van der Waals surface area contributed by atoms with Crippen LogP contribution in [0.25, 0.3) is 0 Å². The molecule has 1 aromatic rings. The van der Waals surface area contributed by atoms with Crippen LogP contribution in [0.5, 0.6) is 11.5 Å². The van der Waals surface area contributed by atoms with Crippen LogP contribution in [0.4, 0.5) is 13.2 Å². The van der Waals surface area contributed by atoms with E-state index >= 15 is 0 Å². The van der Waals surface area contributed by atoms with E-state index in [4.69, 9.17) is 9.47 Å². The average Bonchev–Trinajstić information content (AvgIpc) is 2.93. The smallest absolute Gasteiger partial charge is 0.393 e. The maximum atomic E-state index is 12.8. The summed E-state index contributed by atoms with van der Waals surface area (Å²) < 4.78 is 48.7. The number of hydrogen-bond donors (Lipinski definition) is 0. The van der Waals surface area contributed by atoms with Gasteiger partial charge in [0.25, 0.3) is 5.91 Å². The largest absolute Gasteiger partial charge is 0.454 e. The minimum absolute atomic E-state index is 0.0778. The van der Waals surface area contributed by atoms with Crippen LogP contribution in [-0.4, -0.2) is 36.9 Å². The fourth-order valence-corrected chi connectivity index (χ4v) is 2.64. The molecule has 0 unspecified atom stereocenters. The molecule has 0 aromatic heterocycles. The van der Waals surface area contributed by atoms with E-state index in [0.29, 0.717) is 30.0 Å². The quantitative estimate of drug-likeness (QED) is 0.800. The summed E-state index contributed by atoms with van der Waals surface area (Å²) in [6.45, 7) is 0.156. The first-order valence-electron chi connectivity index (χ1n) is 6.71. The lowest BCUT2D eigenvalue weighted by Crippen LogP contribution is -2.44. The summed E-state index contributed by atoms with van der Waals surface area (Å²) in [6.07, 6.45) is -3.82. The van der Waals surface area contributed by atoms with Crippen LogP contribution in [-0.2, 0) is 0 Å². The molecule has 4 nitrogen and oxygen atoms in total. The predicted molar refractivity (Wildman–Crippen MR) is 67.2 cm³/mol. The Morgan fingerprint density at radius 1 is 1.24 bits per heavy atom. The number of hydrogen-bond acceptors (Lipinski definition) is 3. The molecule has 1 atom stereocenters. The highest BCUT2D eigenvalue weighted by Gasteiger charge is 2.42. The van der Waals surface area contributed by atoms with Crippen molar-refractivity contribution in [3.63, 3.8) is 0 Å². The number of amides is 1. The second-order valence-electron chi connectivity index (χ2n) is 5.20. The number of carbonyl (C=O) groups is 1. The number of nitrogens with zero attached hydrogens (tertiary/aromatic N) is 1. The highest BCUT2D eigenvalue weighted by molar-refractivity contribution is 5.95. The SMILES string of the molecule is O=C(c1ccc2c(c1)OCO2)N1CCC[C@H](C(F)(F)F)C1. The van der Waals surface area contributed by atoms with Gasteiger partial charge in [0.1, 0.15) is 0 Å². The fraction of sp³-hybridized carbons (Fsp3) is 0.500. The van der Waals surface area contributed by atoms with Gasteiger partial charge in [-0.25, -0.2) is 0 Å². The summed E-state index contributed by atoms with van der Waals surface area (Å²) in [5, 5.41) is 0. The lowest BCUT2D eigenvalue weighted by atomic mass is 9.97. The van der Waals surface area contributed by atoms with Gasteiger partial charge in [-0.05, 0) is 31.0 Å². The third kappa shape index (κ3) is 2.77. The molecular formula is C14H14F3NO3. The third-order valence-corrected chi connectivity index (χ3v) is 3.79. The maximum Gasteiger partial charge on any atom is 0.393 e. The normalized spacial score (nSPS) is 21.5. The second-order valence-corrected chi connectivity index (χ2v) is 5.20. The van der Waals surface area contributed by atoms with Gasteiger partial charge in [-0.1, -0.05) is 0 Å². The van der Waals surface area contributed by atoms with Crippen molar-refractivity contribution >= 4 is 5.91 Å². The molecule has 1 amide bonds. The van der Waals surface area contributed by atoms with E-state index in [1.54, 1.807) is 12.1 Å². The standard InChI is InChI=1S/C14H14F3NO3/c15-14(16,17)10-2-1-5-18(7-10)13(19)9-3-4-11-12(6-9)21-8-20-11/h3-4,6,10H,1-2,5,7-8H2/t10-/m0/s1. The van der Waals surface area contributed by atoms with E-state index in [-0.39, 0.29) is 19.8 Å². The first-order chi connectivity index (χ1) is 9.95. The number of carbonyl (C=O) groups excluding carboxylic acids is 1. The van der Waals surface area contributed by atoms with Crippen LogP contribution in [0.2, 0.25) is 0 Å². The van der Waals surface area contributed by atoms with E-state index < -0.39 is 18.0 Å². The van der Waals surface area contributed by atoms with Gasteiger partial charge in [0, 0.05) is 18.7 Å². The number of benzene rings is 1. The van der Waals surface area contributed by atoms with Crippen molar-refractivity contribution in [3.05, 3.63) is 23.8 Å². The molecule has 3 rings (SSSR count). The van der Waals surface area contributed by atoms with Crippen LogP contribution in [0.15, 0.2) is 18.2 Å². The van der Waals surface area contributed by atoms with Crippen LogP contribution < -0.4 is 9.47 Å². The van der Waals surface area contributed by atoms with E-state index in [0.717, 1.165) is 0 Å². The van der Waals surface area contributed by atoms with Crippen LogP contribution in [0, 0.1) is 5.92 Å². The van der Waals surface area contributed by atoms with Gasteiger partial charge >= 0.3 is 6.18 Å². The molecule has 2 aliphatic rings. The Hall–Kier alpha value is -1.92. The van der Waals surface area contributed by atoms with Crippen molar-refractivity contribution in [2.45, 2.75) is 19.0 Å². The van der Waals surface area contributed by atoms with Crippen molar-refractivity contribution in [2.75, 3.05) is 19.9 Å². The zero-order chi connectivity index (χ0) is 15.0. The van der Waals surface area contributed by atoms with Gasteiger partial charge in [-0.15, -0.1) is 0 Å².